The van der Waals surface area contributed by atoms with Gasteiger partial charge in [-0.05, 0) is 37.0 Å². The molecule has 0 spiro atoms. The van der Waals surface area contributed by atoms with Crippen LogP contribution in [0.25, 0.3) is 0 Å². The smallest absolute Gasteiger partial charge is 0.261 e. The second kappa shape index (κ2) is 5.83. The normalized spacial score (nSPS) is 13.6. The summed E-state index contributed by atoms with van der Waals surface area (Å²) in [6, 6.07) is 6.97. The summed E-state index contributed by atoms with van der Waals surface area (Å²) in [5.41, 5.74) is 2.10. The molecule has 106 valence electrons. The maximum absolute atomic E-state index is 12.2. The minimum absolute atomic E-state index is 0.182. The molecule has 0 N–H and O–H groups in total. The van der Waals surface area contributed by atoms with Gasteiger partial charge in [-0.25, -0.2) is 9.97 Å². The summed E-state index contributed by atoms with van der Waals surface area (Å²) in [5.74, 6) is -0.364. The molecule has 3 rings (SSSR count). The van der Waals surface area contributed by atoms with E-state index < -0.39 is 0 Å². The fourth-order valence-corrected chi connectivity index (χ4v) is 2.50. The van der Waals surface area contributed by atoms with Crippen LogP contribution in [-0.2, 0) is 6.42 Å². The van der Waals surface area contributed by atoms with Gasteiger partial charge in [-0.1, -0.05) is 12.1 Å². The number of hydrogen-bond donors (Lipinski definition) is 0. The van der Waals surface area contributed by atoms with Gasteiger partial charge in [0.2, 0.25) is 0 Å². The number of amides is 2. The van der Waals surface area contributed by atoms with Gasteiger partial charge in [-0.15, -0.1) is 0 Å². The molecule has 1 aliphatic heterocycles. The van der Waals surface area contributed by atoms with Crippen molar-refractivity contribution in [2.45, 2.75) is 19.3 Å². The van der Waals surface area contributed by atoms with Crippen LogP contribution in [0.1, 0.15) is 39.1 Å². The molecule has 1 aromatic heterocycles. The van der Waals surface area contributed by atoms with E-state index >= 15 is 0 Å². The molecule has 1 aromatic carbocycles. The molecule has 5 heteroatoms. The lowest BCUT2D eigenvalue weighted by molar-refractivity contribution is 0.0652. The van der Waals surface area contributed by atoms with Crippen molar-refractivity contribution in [3.63, 3.8) is 0 Å². The Kier molecular flexibility index (Phi) is 3.73. The molecule has 0 atom stereocenters. The number of fused-ring (bicyclic) bond motifs is 1. The average Bonchev–Trinajstić information content (AvgIpc) is 2.77. The fourth-order valence-electron chi connectivity index (χ4n) is 2.50. The Balaban J connectivity index is 1.55. The van der Waals surface area contributed by atoms with Crippen molar-refractivity contribution in [2.75, 3.05) is 6.54 Å². The monoisotopic (exact) mass is 281 g/mol. The van der Waals surface area contributed by atoms with E-state index in [-0.39, 0.29) is 11.8 Å². The molecule has 2 aromatic rings. The van der Waals surface area contributed by atoms with Crippen LogP contribution < -0.4 is 0 Å². The molecule has 21 heavy (non-hydrogen) atoms. The molecule has 2 heterocycles. The third-order valence-corrected chi connectivity index (χ3v) is 3.59. The van der Waals surface area contributed by atoms with Gasteiger partial charge < -0.3 is 0 Å². The lowest BCUT2D eigenvalue weighted by atomic mass is 10.1. The SMILES string of the molecule is O=C1c2ccccc2C(=O)N1CCCCc1cncnc1. The molecule has 0 unspecified atom stereocenters. The number of imide groups is 1. The Morgan fingerprint density at radius 3 is 2.14 bits per heavy atom. The summed E-state index contributed by atoms with van der Waals surface area (Å²) >= 11 is 0. The number of aromatic nitrogens is 2. The van der Waals surface area contributed by atoms with Gasteiger partial charge in [0.05, 0.1) is 11.1 Å². The first-order valence-electron chi connectivity index (χ1n) is 6.96. The number of unbranched alkanes of at least 4 members (excludes halogenated alkanes) is 1. The van der Waals surface area contributed by atoms with E-state index in [1.807, 2.05) is 0 Å². The largest absolute Gasteiger partial charge is 0.274 e. The molecule has 0 saturated carbocycles. The number of hydrogen-bond acceptors (Lipinski definition) is 4. The average molecular weight is 281 g/mol. The predicted molar refractivity (Wildman–Crippen MR) is 76.8 cm³/mol. The van der Waals surface area contributed by atoms with Crippen molar-refractivity contribution in [1.82, 2.24) is 14.9 Å². The van der Waals surface area contributed by atoms with E-state index in [0.717, 1.165) is 24.8 Å². The Hall–Kier alpha value is -2.56. The van der Waals surface area contributed by atoms with E-state index in [9.17, 15) is 9.59 Å². The molecule has 2 amide bonds. The first-order chi connectivity index (χ1) is 10.3. The standard InChI is InChI=1S/C16H15N3O2/c20-15-13-6-1-2-7-14(13)16(21)19(15)8-4-3-5-12-9-17-11-18-10-12/h1-2,6-7,9-11H,3-5,8H2. The van der Waals surface area contributed by atoms with Crippen LogP contribution >= 0.6 is 0 Å². The molecule has 0 aliphatic carbocycles. The van der Waals surface area contributed by atoms with Crippen LogP contribution in [0.3, 0.4) is 0 Å². The zero-order valence-corrected chi connectivity index (χ0v) is 11.5. The molecular weight excluding hydrogens is 266 g/mol. The molecule has 0 bridgehead atoms. The molecular formula is C16H15N3O2. The summed E-state index contributed by atoms with van der Waals surface area (Å²) in [4.78, 5) is 33.6. The predicted octanol–water partition coefficient (Wildman–Crippen LogP) is 2.10. The quantitative estimate of drug-likeness (QED) is 0.622. The van der Waals surface area contributed by atoms with Gasteiger partial charge in [-0.2, -0.15) is 0 Å². The maximum Gasteiger partial charge on any atom is 0.261 e. The lowest BCUT2D eigenvalue weighted by Gasteiger charge is -2.13. The summed E-state index contributed by atoms with van der Waals surface area (Å²) < 4.78 is 0. The van der Waals surface area contributed by atoms with Crippen molar-refractivity contribution in [1.29, 1.82) is 0 Å². The highest BCUT2D eigenvalue weighted by Crippen LogP contribution is 2.22. The highest BCUT2D eigenvalue weighted by Gasteiger charge is 2.34. The van der Waals surface area contributed by atoms with E-state index in [0.29, 0.717) is 17.7 Å². The van der Waals surface area contributed by atoms with E-state index in [2.05, 4.69) is 9.97 Å². The molecule has 0 fully saturated rings. The van der Waals surface area contributed by atoms with Crippen LogP contribution in [0.15, 0.2) is 43.0 Å². The first kappa shape index (κ1) is 13.4. The highest BCUT2D eigenvalue weighted by atomic mass is 16.2. The minimum Gasteiger partial charge on any atom is -0.274 e. The van der Waals surface area contributed by atoms with E-state index in [4.69, 9.17) is 0 Å². The first-order valence-corrected chi connectivity index (χ1v) is 6.96. The number of nitrogens with zero attached hydrogens (tertiary/aromatic N) is 3. The topological polar surface area (TPSA) is 63.2 Å². The van der Waals surface area contributed by atoms with Crippen molar-refractivity contribution in [2.24, 2.45) is 0 Å². The Morgan fingerprint density at radius 1 is 0.905 bits per heavy atom. The van der Waals surface area contributed by atoms with Crippen molar-refractivity contribution < 1.29 is 9.59 Å². The van der Waals surface area contributed by atoms with Crippen molar-refractivity contribution in [3.8, 4) is 0 Å². The third-order valence-electron chi connectivity index (χ3n) is 3.59. The van der Waals surface area contributed by atoms with Crippen LogP contribution in [0.2, 0.25) is 0 Å². The minimum atomic E-state index is -0.182. The molecule has 1 aliphatic rings. The maximum atomic E-state index is 12.2. The fraction of sp³-hybridized carbons (Fsp3) is 0.250. The van der Waals surface area contributed by atoms with Crippen LogP contribution in [-0.4, -0.2) is 33.2 Å². The summed E-state index contributed by atoms with van der Waals surface area (Å²) in [5, 5.41) is 0. The second-order valence-electron chi connectivity index (χ2n) is 5.01. The summed E-state index contributed by atoms with van der Waals surface area (Å²) in [6.07, 6.45) is 7.59. The van der Waals surface area contributed by atoms with Gasteiger partial charge in [0.15, 0.2) is 0 Å². The van der Waals surface area contributed by atoms with Gasteiger partial charge in [0, 0.05) is 18.9 Å². The van der Waals surface area contributed by atoms with Gasteiger partial charge >= 0.3 is 0 Å². The number of carbonyl (C=O) groups is 2. The van der Waals surface area contributed by atoms with Crippen molar-refractivity contribution >= 4 is 11.8 Å². The molecule has 0 radical (unpaired) electrons. The van der Waals surface area contributed by atoms with E-state index in [1.165, 1.54) is 11.2 Å². The van der Waals surface area contributed by atoms with Crippen LogP contribution in [0, 0.1) is 0 Å². The van der Waals surface area contributed by atoms with Gasteiger partial charge in [0.1, 0.15) is 6.33 Å². The summed E-state index contributed by atoms with van der Waals surface area (Å²) in [7, 11) is 0. The zero-order chi connectivity index (χ0) is 14.7. The Morgan fingerprint density at radius 2 is 1.52 bits per heavy atom. The number of carbonyl (C=O) groups excluding carboxylic acids is 2. The number of benzene rings is 1. The lowest BCUT2D eigenvalue weighted by Crippen LogP contribution is -2.30. The molecule has 5 nitrogen and oxygen atoms in total. The van der Waals surface area contributed by atoms with Crippen LogP contribution in [0.4, 0.5) is 0 Å². The molecule has 0 saturated heterocycles. The number of aryl methyl sites for hydroxylation is 1. The second-order valence-corrected chi connectivity index (χ2v) is 5.01. The van der Waals surface area contributed by atoms with Crippen molar-refractivity contribution in [3.05, 3.63) is 59.7 Å². The van der Waals surface area contributed by atoms with Gasteiger partial charge in [-0.3, -0.25) is 14.5 Å². The summed E-state index contributed by atoms with van der Waals surface area (Å²) in [6.45, 7) is 0.458. The Bertz CT molecular complexity index is 635. The van der Waals surface area contributed by atoms with E-state index in [1.54, 1.807) is 36.7 Å². The zero-order valence-electron chi connectivity index (χ0n) is 11.5. The number of rotatable bonds is 5. The third kappa shape index (κ3) is 2.67. The highest BCUT2D eigenvalue weighted by molar-refractivity contribution is 6.21. The van der Waals surface area contributed by atoms with Crippen LogP contribution in [0.5, 0.6) is 0 Å². The Labute approximate surface area is 122 Å². The van der Waals surface area contributed by atoms with Gasteiger partial charge in [0.25, 0.3) is 11.8 Å².